The Balaban J connectivity index is 1.54. The van der Waals surface area contributed by atoms with Crippen molar-refractivity contribution in [2.24, 2.45) is 5.92 Å². The third-order valence-corrected chi connectivity index (χ3v) is 5.09. The predicted molar refractivity (Wildman–Crippen MR) is 85.2 cm³/mol. The van der Waals surface area contributed by atoms with Crippen LogP contribution in [0.3, 0.4) is 0 Å². The third-order valence-electron chi connectivity index (χ3n) is 5.09. The van der Waals surface area contributed by atoms with Gasteiger partial charge in [-0.05, 0) is 50.8 Å². The molecule has 3 rings (SSSR count). The summed E-state index contributed by atoms with van der Waals surface area (Å²) in [7, 11) is 0. The lowest BCUT2D eigenvalue weighted by Gasteiger charge is -2.22. The van der Waals surface area contributed by atoms with Crippen LogP contribution in [0.2, 0.25) is 0 Å². The van der Waals surface area contributed by atoms with Crippen molar-refractivity contribution in [1.29, 1.82) is 0 Å². The molecule has 114 valence electrons. The number of amides is 1. The Kier molecular flexibility index (Phi) is 4.59. The quantitative estimate of drug-likeness (QED) is 0.923. The summed E-state index contributed by atoms with van der Waals surface area (Å²) in [6, 6.07) is 11.0. The molecular weight excluding hydrogens is 260 g/mol. The Hall–Kier alpha value is -1.35. The molecule has 2 saturated heterocycles. The van der Waals surface area contributed by atoms with E-state index in [1.807, 2.05) is 0 Å². The molecule has 0 spiro atoms. The number of hydrogen-bond donors (Lipinski definition) is 1. The number of rotatable bonds is 4. The van der Waals surface area contributed by atoms with Gasteiger partial charge in [0.2, 0.25) is 5.91 Å². The summed E-state index contributed by atoms with van der Waals surface area (Å²) < 4.78 is 0. The van der Waals surface area contributed by atoms with Gasteiger partial charge in [-0.25, -0.2) is 0 Å². The summed E-state index contributed by atoms with van der Waals surface area (Å²) in [5.41, 5.74) is 1.37. The molecule has 0 bridgehead atoms. The van der Waals surface area contributed by atoms with Crippen molar-refractivity contribution in [3.05, 3.63) is 35.9 Å². The maximum Gasteiger partial charge on any atom is 0.222 e. The van der Waals surface area contributed by atoms with Gasteiger partial charge in [-0.2, -0.15) is 0 Å². The van der Waals surface area contributed by atoms with Crippen LogP contribution in [-0.4, -0.2) is 36.5 Å². The number of nitrogens with zero attached hydrogens (tertiary/aromatic N) is 1. The van der Waals surface area contributed by atoms with E-state index < -0.39 is 0 Å². The summed E-state index contributed by atoms with van der Waals surface area (Å²) in [6.45, 7) is 5.30. The van der Waals surface area contributed by atoms with Crippen LogP contribution in [0.5, 0.6) is 0 Å². The lowest BCUT2D eigenvalue weighted by atomic mass is 9.97. The highest BCUT2D eigenvalue weighted by atomic mass is 16.2. The van der Waals surface area contributed by atoms with Crippen molar-refractivity contribution in [3.8, 4) is 0 Å². The second kappa shape index (κ2) is 6.61. The molecule has 3 atom stereocenters. The standard InChI is InChI=1S/C18H26N2O/c1-14-11-17(16-5-3-2-4-6-16)13-20(14)18(21)8-7-15-9-10-19-12-15/h2-6,14-15,17,19H,7-13H2,1H3. The molecule has 3 nitrogen and oxygen atoms in total. The minimum atomic E-state index is 0.354. The molecule has 0 radical (unpaired) electrons. The van der Waals surface area contributed by atoms with Gasteiger partial charge in [0.1, 0.15) is 0 Å². The first-order valence-corrected chi connectivity index (χ1v) is 8.29. The Bertz CT molecular complexity index is 467. The molecule has 0 aromatic heterocycles. The molecule has 1 aromatic carbocycles. The van der Waals surface area contributed by atoms with E-state index in [0.29, 0.717) is 23.8 Å². The fourth-order valence-corrected chi connectivity index (χ4v) is 3.78. The van der Waals surface area contributed by atoms with Crippen molar-refractivity contribution < 1.29 is 4.79 Å². The van der Waals surface area contributed by atoms with Gasteiger partial charge < -0.3 is 10.2 Å². The molecule has 2 aliphatic rings. The second-order valence-electron chi connectivity index (χ2n) is 6.64. The van der Waals surface area contributed by atoms with Gasteiger partial charge in [0.05, 0.1) is 0 Å². The first kappa shape index (κ1) is 14.6. The maximum absolute atomic E-state index is 12.5. The fourth-order valence-electron chi connectivity index (χ4n) is 3.78. The van der Waals surface area contributed by atoms with Crippen LogP contribution >= 0.6 is 0 Å². The number of hydrogen-bond acceptors (Lipinski definition) is 2. The van der Waals surface area contributed by atoms with Crippen LogP contribution in [0, 0.1) is 5.92 Å². The maximum atomic E-state index is 12.5. The van der Waals surface area contributed by atoms with Gasteiger partial charge in [-0.15, -0.1) is 0 Å². The Morgan fingerprint density at radius 3 is 2.86 bits per heavy atom. The minimum Gasteiger partial charge on any atom is -0.339 e. The van der Waals surface area contributed by atoms with E-state index in [2.05, 4.69) is 47.5 Å². The summed E-state index contributed by atoms with van der Waals surface area (Å²) in [5, 5.41) is 3.38. The molecular formula is C18H26N2O. The van der Waals surface area contributed by atoms with Crippen molar-refractivity contribution in [3.63, 3.8) is 0 Å². The van der Waals surface area contributed by atoms with Crippen LogP contribution in [0.15, 0.2) is 30.3 Å². The molecule has 3 unspecified atom stereocenters. The molecule has 0 aliphatic carbocycles. The predicted octanol–water partition coefficient (Wildman–Crippen LogP) is 2.78. The van der Waals surface area contributed by atoms with E-state index in [9.17, 15) is 4.79 Å². The van der Waals surface area contributed by atoms with Gasteiger partial charge in [-0.3, -0.25) is 4.79 Å². The summed E-state index contributed by atoms with van der Waals surface area (Å²) in [5.74, 6) is 1.57. The molecule has 2 aliphatic heterocycles. The van der Waals surface area contributed by atoms with E-state index in [0.717, 1.165) is 38.9 Å². The number of carbonyl (C=O) groups excluding carboxylic acids is 1. The SMILES string of the molecule is CC1CC(c2ccccc2)CN1C(=O)CCC1CCNC1. The molecule has 1 amide bonds. The second-order valence-corrected chi connectivity index (χ2v) is 6.64. The number of nitrogens with one attached hydrogen (secondary N) is 1. The van der Waals surface area contributed by atoms with E-state index in [4.69, 9.17) is 0 Å². The Labute approximate surface area is 127 Å². The molecule has 21 heavy (non-hydrogen) atoms. The Morgan fingerprint density at radius 2 is 2.14 bits per heavy atom. The molecule has 1 aromatic rings. The van der Waals surface area contributed by atoms with E-state index in [-0.39, 0.29) is 0 Å². The largest absolute Gasteiger partial charge is 0.339 e. The van der Waals surface area contributed by atoms with Crippen molar-refractivity contribution in [1.82, 2.24) is 10.2 Å². The first-order chi connectivity index (χ1) is 10.2. The first-order valence-electron chi connectivity index (χ1n) is 8.29. The Morgan fingerprint density at radius 1 is 1.33 bits per heavy atom. The van der Waals surface area contributed by atoms with Crippen molar-refractivity contribution in [2.75, 3.05) is 19.6 Å². The van der Waals surface area contributed by atoms with Gasteiger partial charge in [0.15, 0.2) is 0 Å². The van der Waals surface area contributed by atoms with Gasteiger partial charge in [0, 0.05) is 24.9 Å². The van der Waals surface area contributed by atoms with Crippen molar-refractivity contribution in [2.45, 2.75) is 44.6 Å². The minimum absolute atomic E-state index is 0.354. The zero-order valence-corrected chi connectivity index (χ0v) is 12.9. The monoisotopic (exact) mass is 286 g/mol. The van der Waals surface area contributed by atoms with Crippen LogP contribution < -0.4 is 5.32 Å². The smallest absolute Gasteiger partial charge is 0.222 e. The van der Waals surface area contributed by atoms with E-state index >= 15 is 0 Å². The van der Waals surface area contributed by atoms with Gasteiger partial charge in [0.25, 0.3) is 0 Å². The highest BCUT2D eigenvalue weighted by Crippen LogP contribution is 2.32. The average molecular weight is 286 g/mol. The zero-order valence-electron chi connectivity index (χ0n) is 12.9. The average Bonchev–Trinajstić information content (AvgIpc) is 3.15. The van der Waals surface area contributed by atoms with Gasteiger partial charge >= 0.3 is 0 Å². The molecule has 3 heteroatoms. The van der Waals surface area contributed by atoms with Gasteiger partial charge in [-0.1, -0.05) is 30.3 Å². The normalized spacial score (nSPS) is 29.0. The highest BCUT2D eigenvalue weighted by Gasteiger charge is 2.33. The summed E-state index contributed by atoms with van der Waals surface area (Å²) in [4.78, 5) is 14.6. The third kappa shape index (κ3) is 3.46. The molecule has 0 saturated carbocycles. The van der Waals surface area contributed by atoms with Crippen LogP contribution in [0.25, 0.3) is 0 Å². The fraction of sp³-hybridized carbons (Fsp3) is 0.611. The lowest BCUT2D eigenvalue weighted by Crippen LogP contribution is -2.34. The number of benzene rings is 1. The van der Waals surface area contributed by atoms with Crippen LogP contribution in [-0.2, 0) is 4.79 Å². The summed E-state index contributed by atoms with van der Waals surface area (Å²) in [6.07, 6.45) is 4.10. The topological polar surface area (TPSA) is 32.3 Å². The van der Waals surface area contributed by atoms with Crippen LogP contribution in [0.4, 0.5) is 0 Å². The van der Waals surface area contributed by atoms with E-state index in [1.165, 1.54) is 12.0 Å². The zero-order chi connectivity index (χ0) is 14.7. The van der Waals surface area contributed by atoms with Crippen molar-refractivity contribution >= 4 is 5.91 Å². The number of carbonyl (C=O) groups is 1. The lowest BCUT2D eigenvalue weighted by molar-refractivity contribution is -0.132. The van der Waals surface area contributed by atoms with Crippen LogP contribution in [0.1, 0.15) is 44.1 Å². The van der Waals surface area contributed by atoms with E-state index in [1.54, 1.807) is 0 Å². The molecule has 2 heterocycles. The highest BCUT2D eigenvalue weighted by molar-refractivity contribution is 5.77. The number of likely N-dealkylation sites (tertiary alicyclic amines) is 1. The molecule has 1 N–H and O–H groups in total. The summed E-state index contributed by atoms with van der Waals surface area (Å²) >= 11 is 0. The molecule has 2 fully saturated rings.